The molecule has 0 saturated carbocycles. The number of hydrogen-bond donors (Lipinski definition) is 0. The van der Waals surface area contributed by atoms with Crippen molar-refractivity contribution in [3.05, 3.63) is 30.3 Å². The Morgan fingerprint density at radius 3 is 2.53 bits per heavy atom. The van der Waals surface area contributed by atoms with E-state index in [0.29, 0.717) is 0 Å². The van der Waals surface area contributed by atoms with Gasteiger partial charge in [-0.1, -0.05) is 25.1 Å². The molecule has 0 bridgehead atoms. The monoisotopic (exact) mass is 257 g/mol. The van der Waals surface area contributed by atoms with Crippen molar-refractivity contribution in [3.63, 3.8) is 0 Å². The molecule has 19 heavy (non-hydrogen) atoms. The van der Waals surface area contributed by atoms with E-state index in [0.717, 1.165) is 31.2 Å². The standard InChI is InChI=1S/C15H19N3O/c1-2-13-14(19)18(12-8-4-3-5-9-12)15(16-13)17-10-6-7-11-17/h3-5,8-9,13H,2,6-7,10-11H2,1H3. The molecule has 1 atom stereocenters. The quantitative estimate of drug-likeness (QED) is 0.814. The number of anilines is 1. The molecule has 1 saturated heterocycles. The summed E-state index contributed by atoms with van der Waals surface area (Å²) >= 11 is 0. The van der Waals surface area contributed by atoms with Gasteiger partial charge in [-0.3, -0.25) is 4.79 Å². The normalized spacial score (nSPS) is 23.1. The number of carbonyl (C=O) groups excluding carboxylic acids is 1. The Morgan fingerprint density at radius 2 is 1.89 bits per heavy atom. The zero-order valence-corrected chi connectivity index (χ0v) is 11.2. The Hall–Kier alpha value is -1.84. The summed E-state index contributed by atoms with van der Waals surface area (Å²) < 4.78 is 0. The maximum atomic E-state index is 12.5. The Kier molecular flexibility index (Phi) is 3.23. The van der Waals surface area contributed by atoms with Crippen LogP contribution in [0.4, 0.5) is 5.69 Å². The molecule has 4 heteroatoms. The Labute approximate surface area is 113 Å². The number of rotatable bonds is 2. The molecule has 3 rings (SSSR count). The van der Waals surface area contributed by atoms with E-state index in [1.807, 2.05) is 37.3 Å². The molecule has 1 aromatic rings. The summed E-state index contributed by atoms with van der Waals surface area (Å²) in [5, 5.41) is 0. The van der Waals surface area contributed by atoms with Crippen molar-refractivity contribution >= 4 is 17.6 Å². The minimum atomic E-state index is -0.212. The second kappa shape index (κ2) is 5.03. The van der Waals surface area contributed by atoms with Gasteiger partial charge < -0.3 is 4.90 Å². The molecule has 0 spiro atoms. The summed E-state index contributed by atoms with van der Waals surface area (Å²) in [4.78, 5) is 21.2. The Morgan fingerprint density at radius 1 is 1.21 bits per heavy atom. The molecular weight excluding hydrogens is 238 g/mol. The molecule has 2 aliphatic rings. The van der Waals surface area contributed by atoms with Crippen LogP contribution >= 0.6 is 0 Å². The third kappa shape index (κ3) is 2.11. The number of nitrogens with zero attached hydrogens (tertiary/aromatic N) is 3. The Bertz CT molecular complexity index is 491. The summed E-state index contributed by atoms with van der Waals surface area (Å²) in [6.45, 7) is 4.03. The van der Waals surface area contributed by atoms with Crippen molar-refractivity contribution < 1.29 is 4.79 Å². The van der Waals surface area contributed by atoms with Crippen LogP contribution in [0.3, 0.4) is 0 Å². The van der Waals surface area contributed by atoms with Gasteiger partial charge in [0, 0.05) is 13.1 Å². The number of amides is 1. The van der Waals surface area contributed by atoms with Gasteiger partial charge in [-0.05, 0) is 31.4 Å². The largest absolute Gasteiger partial charge is 0.342 e. The molecule has 0 aliphatic carbocycles. The lowest BCUT2D eigenvalue weighted by Gasteiger charge is -2.25. The van der Waals surface area contributed by atoms with Crippen molar-refractivity contribution in [1.82, 2.24) is 4.90 Å². The molecule has 1 unspecified atom stereocenters. The van der Waals surface area contributed by atoms with Crippen LogP contribution in [0.15, 0.2) is 35.3 Å². The van der Waals surface area contributed by atoms with E-state index in [2.05, 4.69) is 9.89 Å². The molecule has 2 heterocycles. The SMILES string of the molecule is CCC1N=C(N2CCCC2)N(c2ccccc2)C1=O. The molecule has 4 nitrogen and oxygen atoms in total. The van der Waals surface area contributed by atoms with Gasteiger partial charge in [0.1, 0.15) is 6.04 Å². The molecule has 1 amide bonds. The van der Waals surface area contributed by atoms with Gasteiger partial charge in [0.05, 0.1) is 5.69 Å². The summed E-state index contributed by atoms with van der Waals surface area (Å²) in [7, 11) is 0. The zero-order valence-electron chi connectivity index (χ0n) is 11.2. The fraction of sp³-hybridized carbons (Fsp3) is 0.467. The molecule has 100 valence electrons. The predicted octanol–water partition coefficient (Wildman–Crippen LogP) is 2.26. The smallest absolute Gasteiger partial charge is 0.258 e. The average molecular weight is 257 g/mol. The van der Waals surface area contributed by atoms with Gasteiger partial charge >= 0.3 is 0 Å². The first-order valence-electron chi connectivity index (χ1n) is 7.03. The second-order valence-corrected chi connectivity index (χ2v) is 5.06. The maximum Gasteiger partial charge on any atom is 0.258 e. The Balaban J connectivity index is 1.95. The maximum absolute atomic E-state index is 12.5. The van der Waals surface area contributed by atoms with Gasteiger partial charge in [-0.25, -0.2) is 9.89 Å². The lowest BCUT2D eigenvalue weighted by molar-refractivity contribution is -0.118. The molecule has 2 aliphatic heterocycles. The van der Waals surface area contributed by atoms with Crippen LogP contribution in [0.2, 0.25) is 0 Å². The number of likely N-dealkylation sites (tertiary alicyclic amines) is 1. The van der Waals surface area contributed by atoms with Crippen LogP contribution in [0.1, 0.15) is 26.2 Å². The minimum Gasteiger partial charge on any atom is -0.342 e. The number of benzene rings is 1. The molecule has 0 N–H and O–H groups in total. The van der Waals surface area contributed by atoms with Crippen molar-refractivity contribution in [2.75, 3.05) is 18.0 Å². The first-order chi connectivity index (χ1) is 9.31. The first kappa shape index (κ1) is 12.2. The van der Waals surface area contributed by atoms with E-state index < -0.39 is 0 Å². The highest BCUT2D eigenvalue weighted by molar-refractivity contribution is 6.21. The molecule has 1 fully saturated rings. The van der Waals surface area contributed by atoms with Gasteiger partial charge in [-0.15, -0.1) is 0 Å². The summed E-state index contributed by atoms with van der Waals surface area (Å²) in [6.07, 6.45) is 3.14. The van der Waals surface area contributed by atoms with Crippen molar-refractivity contribution in [3.8, 4) is 0 Å². The number of para-hydroxylation sites is 1. The zero-order chi connectivity index (χ0) is 13.2. The topological polar surface area (TPSA) is 35.9 Å². The van der Waals surface area contributed by atoms with Gasteiger partial charge in [0.15, 0.2) is 0 Å². The highest BCUT2D eigenvalue weighted by Crippen LogP contribution is 2.25. The van der Waals surface area contributed by atoms with E-state index in [4.69, 9.17) is 0 Å². The lowest BCUT2D eigenvalue weighted by Crippen LogP contribution is -2.43. The molecule has 0 aromatic heterocycles. The minimum absolute atomic E-state index is 0.107. The average Bonchev–Trinajstić information content (AvgIpc) is 3.07. The number of hydrogen-bond acceptors (Lipinski definition) is 3. The first-order valence-corrected chi connectivity index (χ1v) is 7.03. The second-order valence-electron chi connectivity index (χ2n) is 5.06. The number of aliphatic imine (C=N–C) groups is 1. The fourth-order valence-electron chi connectivity index (χ4n) is 2.73. The summed E-state index contributed by atoms with van der Waals surface area (Å²) in [6, 6.07) is 9.63. The molecule has 0 radical (unpaired) electrons. The highest BCUT2D eigenvalue weighted by Gasteiger charge is 2.37. The predicted molar refractivity (Wildman–Crippen MR) is 76.2 cm³/mol. The van der Waals surface area contributed by atoms with Crippen LogP contribution in [-0.2, 0) is 4.79 Å². The fourth-order valence-corrected chi connectivity index (χ4v) is 2.73. The lowest BCUT2D eigenvalue weighted by atomic mass is 10.2. The van der Waals surface area contributed by atoms with Gasteiger partial charge in [0.25, 0.3) is 5.91 Å². The molecule has 1 aromatic carbocycles. The third-order valence-corrected chi connectivity index (χ3v) is 3.77. The number of guanidine groups is 1. The third-order valence-electron chi connectivity index (χ3n) is 3.77. The highest BCUT2D eigenvalue weighted by atomic mass is 16.2. The van der Waals surface area contributed by atoms with Crippen LogP contribution < -0.4 is 4.90 Å². The van der Waals surface area contributed by atoms with Crippen molar-refractivity contribution in [2.24, 2.45) is 4.99 Å². The van der Waals surface area contributed by atoms with Crippen molar-refractivity contribution in [1.29, 1.82) is 0 Å². The van der Waals surface area contributed by atoms with Gasteiger partial charge in [-0.2, -0.15) is 0 Å². The van der Waals surface area contributed by atoms with E-state index in [1.54, 1.807) is 4.90 Å². The van der Waals surface area contributed by atoms with E-state index in [9.17, 15) is 4.79 Å². The van der Waals surface area contributed by atoms with Gasteiger partial charge in [0.2, 0.25) is 5.96 Å². The summed E-state index contributed by atoms with van der Waals surface area (Å²) in [5.41, 5.74) is 0.925. The number of carbonyl (C=O) groups is 1. The van der Waals surface area contributed by atoms with E-state index in [-0.39, 0.29) is 11.9 Å². The van der Waals surface area contributed by atoms with Crippen LogP contribution in [-0.4, -0.2) is 35.9 Å². The van der Waals surface area contributed by atoms with E-state index >= 15 is 0 Å². The van der Waals surface area contributed by atoms with Crippen LogP contribution in [0, 0.1) is 0 Å². The van der Waals surface area contributed by atoms with Crippen LogP contribution in [0.5, 0.6) is 0 Å². The van der Waals surface area contributed by atoms with E-state index in [1.165, 1.54) is 12.8 Å². The summed E-state index contributed by atoms with van der Waals surface area (Å²) in [5.74, 6) is 0.955. The molecular formula is C15H19N3O. The van der Waals surface area contributed by atoms with Crippen molar-refractivity contribution in [2.45, 2.75) is 32.2 Å². The van der Waals surface area contributed by atoms with Crippen LogP contribution in [0.25, 0.3) is 0 Å².